The van der Waals surface area contributed by atoms with Crippen LogP contribution in [0.3, 0.4) is 0 Å². The van der Waals surface area contributed by atoms with Crippen molar-refractivity contribution in [2.75, 3.05) is 0 Å². The summed E-state index contributed by atoms with van der Waals surface area (Å²) in [6, 6.07) is 22.0. The minimum absolute atomic E-state index is 0.0218. The Morgan fingerprint density at radius 1 is 0.969 bits per heavy atom. The normalized spacial score (nSPS) is 11.6. The molecule has 3 aromatic carbocycles. The van der Waals surface area contributed by atoms with Crippen LogP contribution in [0, 0.1) is 6.92 Å². The average Bonchev–Trinajstić information content (AvgIpc) is 3.14. The topological polar surface area (TPSA) is 68.2 Å². The number of para-hydroxylation sites is 1. The van der Waals surface area contributed by atoms with Crippen LogP contribution in [0.15, 0.2) is 83.9 Å². The number of hydrogen-bond donors (Lipinski definition) is 1. The highest BCUT2D eigenvalue weighted by Crippen LogP contribution is 2.28. The number of carbonyl (C=O) groups is 1. The molecule has 0 spiro atoms. The van der Waals surface area contributed by atoms with Crippen molar-refractivity contribution in [1.29, 1.82) is 0 Å². The molecule has 0 radical (unpaired) electrons. The first-order valence-electron chi connectivity index (χ1n) is 10.2. The number of benzene rings is 3. The molecule has 1 heterocycles. The van der Waals surface area contributed by atoms with Crippen LogP contribution in [0.4, 0.5) is 0 Å². The van der Waals surface area contributed by atoms with Crippen molar-refractivity contribution in [2.24, 2.45) is 0 Å². The van der Waals surface area contributed by atoms with E-state index in [4.69, 9.17) is 11.6 Å². The number of sulfone groups is 1. The van der Waals surface area contributed by atoms with E-state index in [1.54, 1.807) is 35.0 Å². The fraction of sp³-hybridized carbons (Fsp3) is 0.160. The van der Waals surface area contributed by atoms with E-state index in [1.807, 2.05) is 55.5 Å². The van der Waals surface area contributed by atoms with Crippen molar-refractivity contribution in [3.05, 3.63) is 101 Å². The van der Waals surface area contributed by atoms with E-state index in [0.717, 1.165) is 16.7 Å². The second kappa shape index (κ2) is 9.18. The highest BCUT2D eigenvalue weighted by Gasteiger charge is 2.23. The smallest absolute Gasteiger partial charge is 0.240 e. The summed E-state index contributed by atoms with van der Waals surface area (Å²) in [6.45, 7) is 2.29. The fourth-order valence-corrected chi connectivity index (χ4v) is 5.47. The summed E-state index contributed by atoms with van der Waals surface area (Å²) in [4.78, 5) is 12.8. The molecule has 32 heavy (non-hydrogen) atoms. The summed E-state index contributed by atoms with van der Waals surface area (Å²) in [5, 5.41) is 4.13. The van der Waals surface area contributed by atoms with E-state index in [9.17, 15) is 13.2 Å². The molecule has 0 saturated heterocycles. The molecule has 1 aromatic heterocycles. The van der Waals surface area contributed by atoms with Gasteiger partial charge in [0.15, 0.2) is 9.84 Å². The zero-order valence-electron chi connectivity index (χ0n) is 17.6. The zero-order chi connectivity index (χ0) is 22.7. The van der Waals surface area contributed by atoms with Gasteiger partial charge in [0.1, 0.15) is 6.54 Å². The Kier molecular flexibility index (Phi) is 6.35. The maximum atomic E-state index is 13.3. The van der Waals surface area contributed by atoms with Crippen LogP contribution in [-0.2, 0) is 33.5 Å². The van der Waals surface area contributed by atoms with Crippen LogP contribution in [-0.4, -0.2) is 18.9 Å². The SMILES string of the molecule is Cc1ccccc1CS(=O)(=O)c1cn(CC(=O)NCc2ccc(Cl)cc2)c2ccccc12. The van der Waals surface area contributed by atoms with Gasteiger partial charge in [-0.15, -0.1) is 0 Å². The van der Waals surface area contributed by atoms with E-state index in [1.165, 1.54) is 0 Å². The van der Waals surface area contributed by atoms with Gasteiger partial charge in [0.25, 0.3) is 0 Å². The molecule has 0 bridgehead atoms. The molecule has 1 amide bonds. The third-order valence-electron chi connectivity index (χ3n) is 5.41. The van der Waals surface area contributed by atoms with Crippen molar-refractivity contribution in [2.45, 2.75) is 30.7 Å². The Labute approximate surface area is 192 Å². The monoisotopic (exact) mass is 466 g/mol. The number of carbonyl (C=O) groups excluding carboxylic acids is 1. The first-order valence-corrected chi connectivity index (χ1v) is 12.2. The van der Waals surface area contributed by atoms with Gasteiger partial charge in [0.2, 0.25) is 5.91 Å². The van der Waals surface area contributed by atoms with Gasteiger partial charge in [-0.25, -0.2) is 8.42 Å². The zero-order valence-corrected chi connectivity index (χ0v) is 19.2. The Balaban J connectivity index is 1.58. The summed E-state index contributed by atoms with van der Waals surface area (Å²) in [5.41, 5.74) is 3.34. The molecular formula is C25H23ClN2O3S. The molecule has 0 aliphatic rings. The summed E-state index contributed by atoms with van der Waals surface area (Å²) in [6.07, 6.45) is 1.57. The molecule has 7 heteroatoms. The largest absolute Gasteiger partial charge is 0.350 e. The predicted molar refractivity (Wildman–Crippen MR) is 127 cm³/mol. The lowest BCUT2D eigenvalue weighted by molar-refractivity contribution is -0.121. The standard InChI is InChI=1S/C25H23ClN2O3S/c1-18-6-2-3-7-20(18)17-32(30,31)24-15-28(23-9-5-4-8-22(23)24)16-25(29)27-14-19-10-12-21(26)13-11-19/h2-13,15H,14,16-17H2,1H3,(H,27,29). The number of rotatable bonds is 7. The van der Waals surface area contributed by atoms with Crippen molar-refractivity contribution in [1.82, 2.24) is 9.88 Å². The summed E-state index contributed by atoms with van der Waals surface area (Å²) < 4.78 is 28.3. The number of hydrogen-bond acceptors (Lipinski definition) is 3. The van der Waals surface area contributed by atoms with Crippen LogP contribution in [0.2, 0.25) is 5.02 Å². The molecule has 0 aliphatic carbocycles. The third-order valence-corrected chi connectivity index (χ3v) is 7.35. The minimum Gasteiger partial charge on any atom is -0.350 e. The maximum absolute atomic E-state index is 13.3. The van der Waals surface area contributed by atoms with Gasteiger partial charge < -0.3 is 9.88 Å². The molecule has 0 atom stereocenters. The Hall–Kier alpha value is -3.09. The molecule has 1 N–H and O–H groups in total. The molecule has 0 fully saturated rings. The summed E-state index contributed by atoms with van der Waals surface area (Å²) >= 11 is 5.90. The lowest BCUT2D eigenvalue weighted by Crippen LogP contribution is -2.26. The average molecular weight is 467 g/mol. The maximum Gasteiger partial charge on any atom is 0.240 e. The van der Waals surface area contributed by atoms with Crippen LogP contribution in [0.1, 0.15) is 16.7 Å². The lowest BCUT2D eigenvalue weighted by atomic mass is 10.1. The number of nitrogens with one attached hydrogen (secondary N) is 1. The first-order chi connectivity index (χ1) is 15.3. The number of aryl methyl sites for hydroxylation is 1. The summed E-state index contributed by atoms with van der Waals surface area (Å²) in [5.74, 6) is -0.292. The first kappa shape index (κ1) is 22.1. The predicted octanol–water partition coefficient (Wildman–Crippen LogP) is 4.89. The van der Waals surface area contributed by atoms with E-state index in [2.05, 4.69) is 5.32 Å². The van der Waals surface area contributed by atoms with Gasteiger partial charge in [-0.3, -0.25) is 4.79 Å². The van der Waals surface area contributed by atoms with Crippen molar-refractivity contribution in [3.63, 3.8) is 0 Å². The van der Waals surface area contributed by atoms with Gasteiger partial charge in [-0.2, -0.15) is 0 Å². The van der Waals surface area contributed by atoms with Crippen LogP contribution in [0.5, 0.6) is 0 Å². The molecule has 0 unspecified atom stereocenters. The molecule has 0 aliphatic heterocycles. The Bertz CT molecular complexity index is 1380. The third kappa shape index (κ3) is 4.87. The van der Waals surface area contributed by atoms with Gasteiger partial charge in [0.05, 0.1) is 10.6 Å². The number of aromatic nitrogens is 1. The van der Waals surface area contributed by atoms with Gasteiger partial charge >= 0.3 is 0 Å². The van der Waals surface area contributed by atoms with Gasteiger partial charge in [0, 0.05) is 28.7 Å². The molecule has 5 nitrogen and oxygen atoms in total. The van der Waals surface area contributed by atoms with Crippen LogP contribution >= 0.6 is 11.6 Å². The minimum atomic E-state index is -3.60. The van der Waals surface area contributed by atoms with E-state index in [-0.39, 0.29) is 23.1 Å². The highest BCUT2D eigenvalue weighted by atomic mass is 35.5. The van der Waals surface area contributed by atoms with Gasteiger partial charge in [-0.05, 0) is 41.8 Å². The van der Waals surface area contributed by atoms with Crippen molar-refractivity contribution in [3.8, 4) is 0 Å². The second-order valence-corrected chi connectivity index (χ2v) is 10.1. The van der Waals surface area contributed by atoms with E-state index >= 15 is 0 Å². The van der Waals surface area contributed by atoms with E-state index in [0.29, 0.717) is 22.5 Å². The quantitative estimate of drug-likeness (QED) is 0.421. The lowest BCUT2D eigenvalue weighted by Gasteiger charge is -2.08. The highest BCUT2D eigenvalue weighted by molar-refractivity contribution is 7.90. The number of amides is 1. The Morgan fingerprint density at radius 3 is 2.41 bits per heavy atom. The second-order valence-electron chi connectivity index (χ2n) is 7.73. The summed E-state index contributed by atoms with van der Waals surface area (Å²) in [7, 11) is -3.60. The van der Waals surface area contributed by atoms with E-state index < -0.39 is 9.84 Å². The number of nitrogens with zero attached hydrogens (tertiary/aromatic N) is 1. The van der Waals surface area contributed by atoms with Crippen molar-refractivity contribution < 1.29 is 13.2 Å². The molecule has 4 rings (SSSR count). The number of fused-ring (bicyclic) bond motifs is 1. The van der Waals surface area contributed by atoms with Gasteiger partial charge in [-0.1, -0.05) is 66.2 Å². The molecule has 164 valence electrons. The fourth-order valence-electron chi connectivity index (χ4n) is 3.66. The van der Waals surface area contributed by atoms with Crippen molar-refractivity contribution >= 4 is 38.2 Å². The van der Waals surface area contributed by atoms with Crippen LogP contribution < -0.4 is 5.32 Å². The van der Waals surface area contributed by atoms with Crippen LogP contribution in [0.25, 0.3) is 10.9 Å². The molecule has 4 aromatic rings. The molecular weight excluding hydrogens is 444 g/mol. The Morgan fingerprint density at radius 2 is 1.66 bits per heavy atom. The molecule has 0 saturated carbocycles. The number of halogens is 1.